The van der Waals surface area contributed by atoms with Gasteiger partial charge in [-0.2, -0.15) is 0 Å². The van der Waals surface area contributed by atoms with Crippen molar-refractivity contribution in [2.24, 2.45) is 11.5 Å². The van der Waals surface area contributed by atoms with Gasteiger partial charge in [-0.15, -0.1) is 0 Å². The van der Waals surface area contributed by atoms with Crippen molar-refractivity contribution in [1.82, 2.24) is 0 Å². The van der Waals surface area contributed by atoms with Gasteiger partial charge in [0.1, 0.15) is 0 Å². The Balaban J connectivity index is 0.000000211. The second kappa shape index (κ2) is 4.48. The van der Waals surface area contributed by atoms with Crippen LogP contribution >= 0.6 is 0 Å². The SMILES string of the molecule is C=C(N)C(C)(C)O.NC1CCC1. The van der Waals surface area contributed by atoms with Gasteiger partial charge in [-0.25, -0.2) is 0 Å². The molecule has 0 radical (unpaired) electrons. The molecule has 0 saturated heterocycles. The molecule has 0 amide bonds. The summed E-state index contributed by atoms with van der Waals surface area (Å²) >= 11 is 0. The van der Waals surface area contributed by atoms with E-state index < -0.39 is 5.60 Å². The predicted molar refractivity (Wildman–Crippen MR) is 51.5 cm³/mol. The Labute approximate surface area is 74.4 Å². The summed E-state index contributed by atoms with van der Waals surface area (Å²) in [6, 6.07) is 0.565. The Hall–Kier alpha value is -0.540. The summed E-state index contributed by atoms with van der Waals surface area (Å²) in [5.74, 6) is 0. The molecule has 0 aromatic rings. The van der Waals surface area contributed by atoms with E-state index in [0.29, 0.717) is 11.7 Å². The summed E-state index contributed by atoms with van der Waals surface area (Å²) in [7, 11) is 0. The highest BCUT2D eigenvalue weighted by Gasteiger charge is 2.12. The van der Waals surface area contributed by atoms with Crippen LogP contribution in [0.25, 0.3) is 0 Å². The summed E-state index contributed by atoms with van der Waals surface area (Å²) in [5, 5.41) is 8.87. The lowest BCUT2D eigenvalue weighted by Gasteiger charge is -2.18. The molecule has 3 nitrogen and oxygen atoms in total. The molecular formula is C9H20N2O. The zero-order valence-corrected chi connectivity index (χ0v) is 8.01. The van der Waals surface area contributed by atoms with Crippen LogP contribution in [0.1, 0.15) is 33.1 Å². The Morgan fingerprint density at radius 3 is 1.75 bits per heavy atom. The Morgan fingerprint density at radius 1 is 1.50 bits per heavy atom. The second-order valence-corrected chi connectivity index (χ2v) is 3.78. The molecular weight excluding hydrogens is 152 g/mol. The molecule has 1 aliphatic carbocycles. The molecule has 1 rings (SSSR count). The third kappa shape index (κ3) is 5.16. The first-order valence-electron chi connectivity index (χ1n) is 4.27. The molecule has 0 atom stereocenters. The zero-order chi connectivity index (χ0) is 9.78. The quantitative estimate of drug-likeness (QED) is 0.546. The van der Waals surface area contributed by atoms with Crippen LogP contribution in [0.3, 0.4) is 0 Å². The monoisotopic (exact) mass is 172 g/mol. The highest BCUT2D eigenvalue weighted by Crippen LogP contribution is 2.14. The van der Waals surface area contributed by atoms with Gasteiger partial charge in [-0.3, -0.25) is 0 Å². The normalized spacial score (nSPS) is 17.3. The van der Waals surface area contributed by atoms with E-state index in [-0.39, 0.29) is 0 Å². The van der Waals surface area contributed by atoms with Crippen LogP contribution < -0.4 is 11.5 Å². The Kier molecular flexibility index (Phi) is 4.28. The first-order valence-corrected chi connectivity index (χ1v) is 4.27. The second-order valence-electron chi connectivity index (χ2n) is 3.78. The Bertz CT molecular complexity index is 145. The van der Waals surface area contributed by atoms with Crippen molar-refractivity contribution in [3.05, 3.63) is 12.3 Å². The maximum atomic E-state index is 8.87. The molecule has 3 heteroatoms. The standard InChI is InChI=1S/C5H11NO.C4H9N/c1-4(6)5(2,3)7;5-4-2-1-3-4/h7H,1,6H2,2-3H3;4H,1-3,5H2. The van der Waals surface area contributed by atoms with E-state index in [1.54, 1.807) is 13.8 Å². The minimum atomic E-state index is -0.917. The summed E-state index contributed by atoms with van der Waals surface area (Å²) < 4.78 is 0. The van der Waals surface area contributed by atoms with Crippen LogP contribution in [0.15, 0.2) is 12.3 Å². The van der Waals surface area contributed by atoms with Crippen LogP contribution in [0.5, 0.6) is 0 Å². The molecule has 12 heavy (non-hydrogen) atoms. The highest BCUT2D eigenvalue weighted by atomic mass is 16.3. The Morgan fingerprint density at radius 2 is 1.75 bits per heavy atom. The number of aliphatic hydroxyl groups is 1. The third-order valence-corrected chi connectivity index (χ3v) is 1.94. The van der Waals surface area contributed by atoms with Gasteiger partial charge in [0.15, 0.2) is 0 Å². The molecule has 72 valence electrons. The fraction of sp³-hybridized carbons (Fsp3) is 0.778. The van der Waals surface area contributed by atoms with E-state index in [4.69, 9.17) is 16.6 Å². The van der Waals surface area contributed by atoms with Crippen molar-refractivity contribution in [3.8, 4) is 0 Å². The van der Waals surface area contributed by atoms with Gasteiger partial charge in [-0.05, 0) is 26.7 Å². The smallest absolute Gasteiger partial charge is 0.0976 e. The van der Waals surface area contributed by atoms with E-state index in [1.165, 1.54) is 19.3 Å². The first-order chi connectivity index (χ1) is 5.34. The van der Waals surface area contributed by atoms with Crippen molar-refractivity contribution < 1.29 is 5.11 Å². The van der Waals surface area contributed by atoms with Gasteiger partial charge in [0, 0.05) is 11.7 Å². The number of hydrogen-bond donors (Lipinski definition) is 3. The average Bonchev–Trinajstić information content (AvgIpc) is 1.83. The zero-order valence-electron chi connectivity index (χ0n) is 8.01. The van der Waals surface area contributed by atoms with E-state index in [0.717, 1.165) is 0 Å². The van der Waals surface area contributed by atoms with Gasteiger partial charge in [0.05, 0.1) is 5.60 Å². The minimum Gasteiger partial charge on any atom is -0.400 e. The van der Waals surface area contributed by atoms with E-state index in [2.05, 4.69) is 6.58 Å². The van der Waals surface area contributed by atoms with Crippen LogP contribution in [0, 0.1) is 0 Å². The fourth-order valence-corrected chi connectivity index (χ4v) is 0.440. The number of nitrogens with two attached hydrogens (primary N) is 2. The molecule has 1 saturated carbocycles. The van der Waals surface area contributed by atoms with Crippen molar-refractivity contribution in [1.29, 1.82) is 0 Å². The maximum Gasteiger partial charge on any atom is 0.0976 e. The first kappa shape index (κ1) is 11.5. The molecule has 0 unspecified atom stereocenters. The molecule has 1 fully saturated rings. The number of hydrogen-bond acceptors (Lipinski definition) is 3. The summed E-state index contributed by atoms with van der Waals surface area (Å²) in [4.78, 5) is 0. The average molecular weight is 172 g/mol. The summed E-state index contributed by atoms with van der Waals surface area (Å²) in [5.41, 5.74) is 9.89. The molecule has 0 spiro atoms. The van der Waals surface area contributed by atoms with Crippen LogP contribution in [0.4, 0.5) is 0 Å². The van der Waals surface area contributed by atoms with Crippen molar-refractivity contribution in [2.75, 3.05) is 0 Å². The van der Waals surface area contributed by atoms with Gasteiger partial charge in [0.25, 0.3) is 0 Å². The molecule has 0 heterocycles. The predicted octanol–water partition coefficient (Wildman–Crippen LogP) is 0.727. The lowest BCUT2D eigenvalue weighted by molar-refractivity contribution is 0.119. The lowest BCUT2D eigenvalue weighted by atomic mass is 9.95. The van der Waals surface area contributed by atoms with E-state index in [9.17, 15) is 0 Å². The van der Waals surface area contributed by atoms with Crippen LogP contribution in [-0.4, -0.2) is 16.7 Å². The van der Waals surface area contributed by atoms with Crippen molar-refractivity contribution in [2.45, 2.75) is 44.8 Å². The fourth-order valence-electron chi connectivity index (χ4n) is 0.440. The van der Waals surface area contributed by atoms with Gasteiger partial charge in [-0.1, -0.05) is 13.0 Å². The topological polar surface area (TPSA) is 72.3 Å². The van der Waals surface area contributed by atoms with Crippen LogP contribution in [0.2, 0.25) is 0 Å². The molecule has 0 aromatic carbocycles. The van der Waals surface area contributed by atoms with Crippen molar-refractivity contribution >= 4 is 0 Å². The van der Waals surface area contributed by atoms with Gasteiger partial charge >= 0.3 is 0 Å². The highest BCUT2D eigenvalue weighted by molar-refractivity contribution is 5.01. The third-order valence-electron chi connectivity index (χ3n) is 1.94. The summed E-state index contributed by atoms with van der Waals surface area (Å²) in [6.45, 7) is 6.54. The van der Waals surface area contributed by atoms with Gasteiger partial charge < -0.3 is 16.6 Å². The molecule has 0 bridgehead atoms. The molecule has 0 aliphatic heterocycles. The molecule has 0 aromatic heterocycles. The number of rotatable bonds is 1. The van der Waals surface area contributed by atoms with E-state index >= 15 is 0 Å². The summed E-state index contributed by atoms with van der Waals surface area (Å²) in [6.07, 6.45) is 3.89. The maximum absolute atomic E-state index is 8.87. The van der Waals surface area contributed by atoms with Crippen molar-refractivity contribution in [3.63, 3.8) is 0 Å². The molecule has 5 N–H and O–H groups in total. The van der Waals surface area contributed by atoms with E-state index in [1.807, 2.05) is 0 Å². The van der Waals surface area contributed by atoms with Crippen LogP contribution in [-0.2, 0) is 0 Å². The largest absolute Gasteiger partial charge is 0.400 e. The van der Waals surface area contributed by atoms with Gasteiger partial charge in [0.2, 0.25) is 0 Å². The lowest BCUT2D eigenvalue weighted by Crippen LogP contribution is -2.27. The molecule has 1 aliphatic rings. The minimum absolute atomic E-state index is 0.299.